The monoisotopic (exact) mass is 457 g/mol. The van der Waals surface area contributed by atoms with Crippen LogP contribution in [-0.2, 0) is 24.1 Å². The molecule has 0 amide bonds. The zero-order valence-corrected chi connectivity index (χ0v) is 19.2. The number of aromatic nitrogens is 7. The van der Waals surface area contributed by atoms with Gasteiger partial charge in [-0.2, -0.15) is 5.10 Å². The Bertz CT molecular complexity index is 1330. The second-order valence-electron chi connectivity index (χ2n) is 8.67. The summed E-state index contributed by atoms with van der Waals surface area (Å²) in [6.45, 7) is 6.25. The van der Waals surface area contributed by atoms with Gasteiger partial charge in [0.1, 0.15) is 12.4 Å². The maximum absolute atomic E-state index is 5.46. The van der Waals surface area contributed by atoms with Gasteiger partial charge in [-0.05, 0) is 18.6 Å². The minimum atomic E-state index is 0.103. The number of hydrogen-bond donors (Lipinski definition) is 0. The Kier molecular flexibility index (Phi) is 5.60. The number of hydrogen-bond acceptors (Lipinski definition) is 8. The molecule has 0 saturated carbocycles. The molecule has 1 saturated heterocycles. The minimum Gasteiger partial charge on any atom is -0.379 e. The molecule has 4 aromatic rings. The van der Waals surface area contributed by atoms with E-state index in [1.165, 1.54) is 0 Å². The highest BCUT2D eigenvalue weighted by molar-refractivity contribution is 5.81. The lowest BCUT2D eigenvalue weighted by molar-refractivity contribution is 0.0331. The average Bonchev–Trinajstić information content (AvgIpc) is 3.47. The van der Waals surface area contributed by atoms with E-state index >= 15 is 0 Å². The number of aliphatic imine (C=N–C) groups is 1. The standard InChI is InChI=1S/C24H27N9O/c1-2-4-18-20(27-16-32-24(18)29-22(30-32)15-31-9-11-34-12-10-31)13-17-6-8-28-33(17)23-19(21-14-26-21)5-3-7-25-23/h3,5-8,14,16,21H,2,4,9-13,15H2,1H3. The molecule has 6 heterocycles. The minimum absolute atomic E-state index is 0.103. The molecule has 0 N–H and O–H groups in total. The fourth-order valence-corrected chi connectivity index (χ4v) is 4.52. The van der Waals surface area contributed by atoms with E-state index in [4.69, 9.17) is 19.8 Å². The van der Waals surface area contributed by atoms with Gasteiger partial charge in [0.2, 0.25) is 0 Å². The van der Waals surface area contributed by atoms with Gasteiger partial charge in [0.05, 0.1) is 31.1 Å². The summed E-state index contributed by atoms with van der Waals surface area (Å²) in [5, 5.41) is 9.29. The van der Waals surface area contributed by atoms with Crippen LogP contribution in [0.15, 0.2) is 41.9 Å². The normalized spacial score (nSPS) is 18.1. The van der Waals surface area contributed by atoms with Crippen molar-refractivity contribution in [3.05, 3.63) is 65.3 Å². The Hall–Kier alpha value is -3.50. The van der Waals surface area contributed by atoms with Crippen molar-refractivity contribution in [3.63, 3.8) is 0 Å². The van der Waals surface area contributed by atoms with Gasteiger partial charge < -0.3 is 4.74 Å². The summed E-state index contributed by atoms with van der Waals surface area (Å²) in [5.41, 5.74) is 5.13. The zero-order valence-electron chi connectivity index (χ0n) is 19.2. The zero-order chi connectivity index (χ0) is 22.9. The number of fused-ring (bicyclic) bond motifs is 1. The molecule has 1 unspecified atom stereocenters. The molecule has 0 radical (unpaired) electrons. The Morgan fingerprint density at radius 2 is 2.00 bits per heavy atom. The van der Waals surface area contributed by atoms with Crippen molar-refractivity contribution in [1.82, 2.24) is 39.2 Å². The summed E-state index contributed by atoms with van der Waals surface area (Å²) in [7, 11) is 0. The molecule has 1 fully saturated rings. The first-order valence-electron chi connectivity index (χ1n) is 11.8. The second kappa shape index (κ2) is 9.03. The quantitative estimate of drug-likeness (QED) is 0.400. The van der Waals surface area contributed by atoms with Gasteiger partial charge in [-0.3, -0.25) is 9.89 Å². The first kappa shape index (κ1) is 21.1. The Morgan fingerprint density at radius 3 is 2.82 bits per heavy atom. The maximum atomic E-state index is 5.46. The molecular formula is C24H27N9O. The van der Waals surface area contributed by atoms with Crippen LogP contribution in [0.5, 0.6) is 0 Å². The summed E-state index contributed by atoms with van der Waals surface area (Å²) >= 11 is 0. The average molecular weight is 458 g/mol. The van der Waals surface area contributed by atoms with Crippen LogP contribution in [-0.4, -0.2) is 71.8 Å². The predicted molar refractivity (Wildman–Crippen MR) is 126 cm³/mol. The highest BCUT2D eigenvalue weighted by Gasteiger charge is 2.23. The molecule has 0 spiro atoms. The number of rotatable bonds is 8. The van der Waals surface area contributed by atoms with Crippen LogP contribution in [0.4, 0.5) is 0 Å². The third-order valence-electron chi connectivity index (χ3n) is 6.29. The lowest BCUT2D eigenvalue weighted by atomic mass is 10.1. The molecule has 10 nitrogen and oxygen atoms in total. The molecule has 174 valence electrons. The number of nitrogens with zero attached hydrogens (tertiary/aromatic N) is 9. The van der Waals surface area contributed by atoms with Crippen LogP contribution in [0.3, 0.4) is 0 Å². The van der Waals surface area contributed by atoms with Crippen molar-refractivity contribution in [3.8, 4) is 5.82 Å². The van der Waals surface area contributed by atoms with E-state index in [1.807, 2.05) is 33.7 Å². The second-order valence-corrected chi connectivity index (χ2v) is 8.67. The van der Waals surface area contributed by atoms with E-state index in [-0.39, 0.29) is 6.04 Å². The molecule has 0 aromatic carbocycles. The number of ether oxygens (including phenoxy) is 1. The molecular weight excluding hydrogens is 430 g/mol. The van der Waals surface area contributed by atoms with Gasteiger partial charge in [-0.25, -0.2) is 24.1 Å². The van der Waals surface area contributed by atoms with Crippen LogP contribution in [0.1, 0.15) is 47.7 Å². The van der Waals surface area contributed by atoms with Crippen molar-refractivity contribution < 1.29 is 4.74 Å². The van der Waals surface area contributed by atoms with Gasteiger partial charge in [0, 0.05) is 49.2 Å². The van der Waals surface area contributed by atoms with Crippen molar-refractivity contribution in [2.75, 3.05) is 26.3 Å². The number of pyridine rings is 1. The lowest BCUT2D eigenvalue weighted by Crippen LogP contribution is -2.35. The van der Waals surface area contributed by atoms with E-state index in [1.54, 1.807) is 12.5 Å². The first-order valence-corrected chi connectivity index (χ1v) is 11.8. The summed E-state index contributed by atoms with van der Waals surface area (Å²) in [6, 6.07) is 6.14. The van der Waals surface area contributed by atoms with Gasteiger partial charge >= 0.3 is 0 Å². The van der Waals surface area contributed by atoms with E-state index in [0.717, 1.165) is 85.5 Å². The summed E-state index contributed by atoms with van der Waals surface area (Å²) in [5.74, 6) is 1.64. The van der Waals surface area contributed by atoms with Gasteiger partial charge in [-0.15, -0.1) is 5.10 Å². The van der Waals surface area contributed by atoms with Gasteiger partial charge in [0.15, 0.2) is 17.3 Å². The van der Waals surface area contributed by atoms with Crippen molar-refractivity contribution in [2.24, 2.45) is 4.99 Å². The third kappa shape index (κ3) is 4.10. The van der Waals surface area contributed by atoms with Crippen LogP contribution in [0.2, 0.25) is 0 Å². The van der Waals surface area contributed by atoms with Crippen molar-refractivity contribution >= 4 is 11.9 Å². The summed E-state index contributed by atoms with van der Waals surface area (Å²) < 4.78 is 9.19. The third-order valence-corrected chi connectivity index (χ3v) is 6.29. The molecule has 6 rings (SSSR count). The van der Waals surface area contributed by atoms with Crippen molar-refractivity contribution in [1.29, 1.82) is 0 Å². The molecule has 34 heavy (non-hydrogen) atoms. The molecule has 4 aromatic heterocycles. The molecule has 0 bridgehead atoms. The molecule has 2 aliphatic rings. The Balaban J connectivity index is 1.33. The highest BCUT2D eigenvalue weighted by Crippen LogP contribution is 2.29. The fourth-order valence-electron chi connectivity index (χ4n) is 4.52. The van der Waals surface area contributed by atoms with Crippen LogP contribution in [0.25, 0.3) is 11.5 Å². The topological polar surface area (TPSA) is 98.6 Å². The first-order chi connectivity index (χ1) is 16.8. The fraction of sp³-hybridized carbons (Fsp3) is 0.417. The van der Waals surface area contributed by atoms with Crippen LogP contribution in [0, 0.1) is 0 Å². The molecule has 2 aliphatic heterocycles. The van der Waals surface area contributed by atoms with Gasteiger partial charge in [0.25, 0.3) is 0 Å². The lowest BCUT2D eigenvalue weighted by Gasteiger charge is -2.25. The molecule has 10 heteroatoms. The van der Waals surface area contributed by atoms with E-state index in [0.29, 0.717) is 6.42 Å². The molecule has 1 atom stereocenters. The Labute approximate surface area is 197 Å². The Morgan fingerprint density at radius 1 is 1.12 bits per heavy atom. The van der Waals surface area contributed by atoms with Crippen molar-refractivity contribution in [2.45, 2.75) is 38.8 Å². The predicted octanol–water partition coefficient (Wildman–Crippen LogP) is 2.21. The van der Waals surface area contributed by atoms with E-state index in [2.05, 4.69) is 33.0 Å². The summed E-state index contributed by atoms with van der Waals surface area (Å²) in [6.07, 6.45) is 9.86. The SMILES string of the molecule is CCCc1c(Cc2ccnn2-c2ncccc2C2C=N2)ncn2nc(CN3CCOCC3)nc12. The van der Waals surface area contributed by atoms with Gasteiger partial charge in [-0.1, -0.05) is 19.4 Å². The highest BCUT2D eigenvalue weighted by atomic mass is 16.5. The number of morpholine rings is 1. The van der Waals surface area contributed by atoms with E-state index in [9.17, 15) is 0 Å². The number of aryl methyl sites for hydroxylation is 1. The maximum Gasteiger partial charge on any atom is 0.165 e. The smallest absolute Gasteiger partial charge is 0.165 e. The van der Waals surface area contributed by atoms with Crippen LogP contribution >= 0.6 is 0 Å². The molecule has 0 aliphatic carbocycles. The summed E-state index contributed by atoms with van der Waals surface area (Å²) in [4.78, 5) is 21.0. The van der Waals surface area contributed by atoms with E-state index < -0.39 is 0 Å². The largest absolute Gasteiger partial charge is 0.379 e. The van der Waals surface area contributed by atoms with Crippen LogP contribution < -0.4 is 0 Å².